The number of ether oxygens (including phenoxy) is 1. The van der Waals surface area contributed by atoms with E-state index in [1.54, 1.807) is 0 Å². The van der Waals surface area contributed by atoms with Gasteiger partial charge in [0.1, 0.15) is 11.8 Å². The Morgan fingerprint density at radius 3 is 2.81 bits per heavy atom. The summed E-state index contributed by atoms with van der Waals surface area (Å²) in [6, 6.07) is 9.94. The molecule has 1 aliphatic heterocycles. The lowest BCUT2D eigenvalue weighted by Gasteiger charge is -2.31. The van der Waals surface area contributed by atoms with Crippen LogP contribution < -0.4 is 10.1 Å². The van der Waals surface area contributed by atoms with Crippen molar-refractivity contribution in [3.63, 3.8) is 0 Å². The first-order chi connectivity index (χ1) is 10.3. The van der Waals surface area contributed by atoms with Crippen LogP contribution in [0.25, 0.3) is 0 Å². The molecular weight excluding hydrogens is 262 g/mol. The van der Waals surface area contributed by atoms with Crippen molar-refractivity contribution in [3.8, 4) is 11.8 Å². The van der Waals surface area contributed by atoms with Gasteiger partial charge >= 0.3 is 0 Å². The number of rotatable bonds is 7. The molecule has 1 aromatic carbocycles. The number of benzene rings is 1. The fraction of sp³-hybridized carbons (Fsp3) is 0.588. The first-order valence-corrected chi connectivity index (χ1v) is 7.84. The maximum Gasteiger partial charge on any atom is 0.174 e. The van der Waals surface area contributed by atoms with Gasteiger partial charge in [-0.3, -0.25) is 0 Å². The molecule has 0 atom stereocenters. The number of nitrogens with zero attached hydrogens (tertiary/aromatic N) is 2. The minimum atomic E-state index is 0.104. The Bertz CT molecular complexity index is 461. The molecule has 2 rings (SSSR count). The average Bonchev–Trinajstić information content (AvgIpc) is 2.54. The Balaban J connectivity index is 1.75. The van der Waals surface area contributed by atoms with E-state index in [0.717, 1.165) is 30.3 Å². The highest BCUT2D eigenvalue weighted by Crippen LogP contribution is 2.19. The Hall–Kier alpha value is -1.57. The topological polar surface area (TPSA) is 48.3 Å². The molecule has 1 heterocycles. The van der Waals surface area contributed by atoms with Gasteiger partial charge in [-0.2, -0.15) is 5.26 Å². The van der Waals surface area contributed by atoms with Crippen LogP contribution in [-0.2, 0) is 6.54 Å². The van der Waals surface area contributed by atoms with E-state index in [0.29, 0.717) is 0 Å². The number of para-hydroxylation sites is 1. The molecule has 21 heavy (non-hydrogen) atoms. The first kappa shape index (κ1) is 15.8. The lowest BCUT2D eigenvalue weighted by Crippen LogP contribution is -2.36. The molecule has 4 nitrogen and oxygen atoms in total. The third-order valence-corrected chi connectivity index (χ3v) is 4.17. The predicted octanol–water partition coefficient (Wildman–Crippen LogP) is 2.41. The molecule has 0 aromatic heterocycles. The molecule has 0 bridgehead atoms. The molecule has 0 saturated carbocycles. The van der Waals surface area contributed by atoms with Gasteiger partial charge in [0.25, 0.3) is 0 Å². The lowest BCUT2D eigenvalue weighted by molar-refractivity contribution is 0.190. The van der Waals surface area contributed by atoms with Crippen molar-refractivity contribution in [1.82, 2.24) is 10.2 Å². The van der Waals surface area contributed by atoms with Crippen molar-refractivity contribution in [2.45, 2.75) is 26.3 Å². The van der Waals surface area contributed by atoms with Crippen LogP contribution >= 0.6 is 0 Å². The van der Waals surface area contributed by atoms with Crippen LogP contribution in [0.5, 0.6) is 5.75 Å². The van der Waals surface area contributed by atoms with Gasteiger partial charge < -0.3 is 15.0 Å². The quantitative estimate of drug-likeness (QED) is 0.836. The van der Waals surface area contributed by atoms with Crippen LogP contribution in [0, 0.1) is 17.2 Å². The average molecular weight is 287 g/mol. The van der Waals surface area contributed by atoms with Crippen LogP contribution in [0.4, 0.5) is 0 Å². The molecule has 1 fully saturated rings. The summed E-state index contributed by atoms with van der Waals surface area (Å²) in [6.45, 7) is 7.82. The molecule has 1 aliphatic rings. The van der Waals surface area contributed by atoms with Crippen molar-refractivity contribution in [2.75, 3.05) is 32.8 Å². The number of hydrogen-bond donors (Lipinski definition) is 1. The van der Waals surface area contributed by atoms with Gasteiger partial charge in [0.05, 0.1) is 0 Å². The van der Waals surface area contributed by atoms with Crippen LogP contribution in [0.1, 0.15) is 25.3 Å². The zero-order valence-corrected chi connectivity index (χ0v) is 12.8. The summed E-state index contributed by atoms with van der Waals surface area (Å²) in [4.78, 5) is 2.52. The molecule has 4 heteroatoms. The second-order valence-electron chi connectivity index (χ2n) is 5.56. The summed E-state index contributed by atoms with van der Waals surface area (Å²) in [6.07, 6.45) is 2.57. The number of likely N-dealkylation sites (tertiary alicyclic amines) is 1. The fourth-order valence-electron chi connectivity index (χ4n) is 2.82. The van der Waals surface area contributed by atoms with E-state index in [4.69, 9.17) is 10.00 Å². The summed E-state index contributed by atoms with van der Waals surface area (Å²) in [5.41, 5.74) is 1.12. The fourth-order valence-corrected chi connectivity index (χ4v) is 2.82. The van der Waals surface area contributed by atoms with Gasteiger partial charge in [-0.1, -0.05) is 25.1 Å². The van der Waals surface area contributed by atoms with E-state index in [1.165, 1.54) is 32.5 Å². The van der Waals surface area contributed by atoms with E-state index >= 15 is 0 Å². The van der Waals surface area contributed by atoms with Gasteiger partial charge in [0, 0.05) is 12.1 Å². The van der Waals surface area contributed by atoms with E-state index < -0.39 is 0 Å². The Labute approximate surface area is 127 Å². The smallest absolute Gasteiger partial charge is 0.174 e. The monoisotopic (exact) mass is 287 g/mol. The van der Waals surface area contributed by atoms with Gasteiger partial charge in [0.15, 0.2) is 6.61 Å². The summed E-state index contributed by atoms with van der Waals surface area (Å²) < 4.78 is 5.45. The highest BCUT2D eigenvalue weighted by atomic mass is 16.5. The number of nitrogens with one attached hydrogen (secondary N) is 1. The largest absolute Gasteiger partial charge is 0.478 e. The molecule has 114 valence electrons. The highest BCUT2D eigenvalue weighted by Gasteiger charge is 2.17. The van der Waals surface area contributed by atoms with Gasteiger partial charge in [-0.05, 0) is 51.0 Å². The van der Waals surface area contributed by atoms with E-state index in [2.05, 4.69) is 23.2 Å². The van der Waals surface area contributed by atoms with Crippen molar-refractivity contribution in [2.24, 2.45) is 5.92 Å². The number of hydrogen-bond acceptors (Lipinski definition) is 4. The van der Waals surface area contributed by atoms with Gasteiger partial charge in [-0.15, -0.1) is 0 Å². The second kappa shape index (κ2) is 8.66. The zero-order valence-electron chi connectivity index (χ0n) is 12.8. The Kier molecular flexibility index (Phi) is 6.52. The molecule has 1 aromatic rings. The first-order valence-electron chi connectivity index (χ1n) is 7.84. The van der Waals surface area contributed by atoms with Crippen LogP contribution in [-0.4, -0.2) is 37.7 Å². The minimum absolute atomic E-state index is 0.104. The van der Waals surface area contributed by atoms with E-state index in [-0.39, 0.29) is 6.61 Å². The minimum Gasteiger partial charge on any atom is -0.478 e. The Morgan fingerprint density at radius 2 is 2.10 bits per heavy atom. The van der Waals surface area contributed by atoms with Gasteiger partial charge in [0.2, 0.25) is 0 Å². The molecular formula is C17H25N3O. The van der Waals surface area contributed by atoms with Crippen molar-refractivity contribution < 1.29 is 4.74 Å². The van der Waals surface area contributed by atoms with Crippen LogP contribution in [0.15, 0.2) is 24.3 Å². The zero-order chi connectivity index (χ0) is 14.9. The number of nitriles is 1. The van der Waals surface area contributed by atoms with Crippen molar-refractivity contribution in [3.05, 3.63) is 29.8 Å². The molecule has 0 amide bonds. The second-order valence-corrected chi connectivity index (χ2v) is 5.56. The normalized spacial score (nSPS) is 16.6. The van der Waals surface area contributed by atoms with E-state index in [9.17, 15) is 0 Å². The predicted molar refractivity (Wildman–Crippen MR) is 84.1 cm³/mol. The maximum absolute atomic E-state index is 8.61. The molecule has 0 radical (unpaired) electrons. The molecule has 1 saturated heterocycles. The highest BCUT2D eigenvalue weighted by molar-refractivity contribution is 5.33. The summed E-state index contributed by atoms with van der Waals surface area (Å²) in [5, 5.41) is 12.2. The van der Waals surface area contributed by atoms with Crippen LogP contribution in [0.3, 0.4) is 0 Å². The third kappa shape index (κ3) is 5.04. The molecule has 0 spiro atoms. The Morgan fingerprint density at radius 1 is 1.33 bits per heavy atom. The third-order valence-electron chi connectivity index (χ3n) is 4.17. The van der Waals surface area contributed by atoms with Crippen molar-refractivity contribution in [1.29, 1.82) is 5.26 Å². The summed E-state index contributed by atoms with van der Waals surface area (Å²) >= 11 is 0. The lowest BCUT2D eigenvalue weighted by atomic mass is 9.97. The van der Waals surface area contributed by atoms with E-state index in [1.807, 2.05) is 24.3 Å². The molecule has 0 aliphatic carbocycles. The standard InChI is InChI=1S/C17H25N3O/c1-2-20-10-7-15(8-11-20)13-19-14-16-5-3-4-6-17(16)21-12-9-18/h3-6,15,19H,2,7-8,10-14H2,1H3. The summed E-state index contributed by atoms with van der Waals surface area (Å²) in [5.74, 6) is 1.59. The van der Waals surface area contributed by atoms with Crippen molar-refractivity contribution >= 4 is 0 Å². The SMILES string of the molecule is CCN1CCC(CNCc2ccccc2OCC#N)CC1. The van der Waals surface area contributed by atoms with Gasteiger partial charge in [-0.25, -0.2) is 0 Å². The molecule has 1 N–H and O–H groups in total. The maximum atomic E-state index is 8.61. The number of piperidine rings is 1. The summed E-state index contributed by atoms with van der Waals surface area (Å²) in [7, 11) is 0. The van der Waals surface area contributed by atoms with Crippen LogP contribution in [0.2, 0.25) is 0 Å². The molecule has 0 unspecified atom stereocenters.